The predicted molar refractivity (Wildman–Crippen MR) is 64.9 cm³/mol. The highest BCUT2D eigenvalue weighted by atomic mass is 15.1. The van der Waals surface area contributed by atoms with Crippen molar-refractivity contribution in [1.82, 2.24) is 4.90 Å². The Balaban J connectivity index is 1.94. The Bertz CT molecular complexity index is 299. The average Bonchev–Trinajstić information content (AvgIpc) is 2.71. The standard InChI is InChI=1S/C13H20N2/c1-11(10-15-8-2-3-9-15)12-4-6-13(14)7-5-12/h4-7,11H,2-3,8-10,14H2,1H3. The molecule has 0 aromatic heterocycles. The molecule has 0 saturated carbocycles. The van der Waals surface area contributed by atoms with Crippen LogP contribution in [0.3, 0.4) is 0 Å². The molecule has 0 radical (unpaired) electrons. The van der Waals surface area contributed by atoms with Gasteiger partial charge in [0.25, 0.3) is 0 Å². The van der Waals surface area contributed by atoms with Crippen LogP contribution >= 0.6 is 0 Å². The number of nitrogens with two attached hydrogens (primary N) is 1. The highest BCUT2D eigenvalue weighted by Gasteiger charge is 2.15. The van der Waals surface area contributed by atoms with E-state index in [0.717, 1.165) is 5.69 Å². The summed E-state index contributed by atoms with van der Waals surface area (Å²) in [7, 11) is 0. The molecule has 15 heavy (non-hydrogen) atoms. The quantitative estimate of drug-likeness (QED) is 0.766. The molecular weight excluding hydrogens is 184 g/mol. The molecule has 1 heterocycles. The van der Waals surface area contributed by atoms with Crippen LogP contribution in [0, 0.1) is 0 Å². The summed E-state index contributed by atoms with van der Waals surface area (Å²) in [5.41, 5.74) is 7.93. The van der Waals surface area contributed by atoms with Gasteiger partial charge >= 0.3 is 0 Å². The molecule has 2 nitrogen and oxygen atoms in total. The fraction of sp³-hybridized carbons (Fsp3) is 0.538. The van der Waals surface area contributed by atoms with E-state index < -0.39 is 0 Å². The van der Waals surface area contributed by atoms with Crippen LogP contribution in [-0.2, 0) is 0 Å². The van der Waals surface area contributed by atoms with E-state index in [1.165, 1.54) is 38.0 Å². The third kappa shape index (κ3) is 2.72. The van der Waals surface area contributed by atoms with E-state index in [-0.39, 0.29) is 0 Å². The first-order chi connectivity index (χ1) is 7.25. The van der Waals surface area contributed by atoms with Crippen molar-refractivity contribution in [2.75, 3.05) is 25.4 Å². The summed E-state index contributed by atoms with van der Waals surface area (Å²) in [6.07, 6.45) is 2.74. The van der Waals surface area contributed by atoms with Gasteiger partial charge in [-0.1, -0.05) is 19.1 Å². The smallest absolute Gasteiger partial charge is 0.0314 e. The van der Waals surface area contributed by atoms with Crippen molar-refractivity contribution in [2.45, 2.75) is 25.7 Å². The van der Waals surface area contributed by atoms with Crippen molar-refractivity contribution in [2.24, 2.45) is 0 Å². The Labute approximate surface area is 92.1 Å². The number of likely N-dealkylation sites (tertiary alicyclic amines) is 1. The normalized spacial score (nSPS) is 19.3. The lowest BCUT2D eigenvalue weighted by molar-refractivity contribution is 0.321. The van der Waals surface area contributed by atoms with Crippen LogP contribution in [-0.4, -0.2) is 24.5 Å². The Hall–Kier alpha value is -1.02. The first-order valence-electron chi connectivity index (χ1n) is 5.83. The highest BCUT2D eigenvalue weighted by molar-refractivity contribution is 5.40. The second-order valence-electron chi connectivity index (χ2n) is 4.58. The molecular formula is C13H20N2. The molecule has 0 amide bonds. The minimum absolute atomic E-state index is 0.615. The van der Waals surface area contributed by atoms with Crippen LogP contribution in [0.15, 0.2) is 24.3 Å². The van der Waals surface area contributed by atoms with E-state index in [0.29, 0.717) is 5.92 Å². The Kier molecular flexibility index (Phi) is 3.27. The number of hydrogen-bond donors (Lipinski definition) is 1. The van der Waals surface area contributed by atoms with E-state index >= 15 is 0 Å². The van der Waals surface area contributed by atoms with E-state index in [4.69, 9.17) is 5.73 Å². The van der Waals surface area contributed by atoms with Gasteiger partial charge in [0.05, 0.1) is 0 Å². The Morgan fingerprint density at radius 3 is 2.40 bits per heavy atom. The molecule has 1 saturated heterocycles. The summed E-state index contributed by atoms with van der Waals surface area (Å²) in [5, 5.41) is 0. The highest BCUT2D eigenvalue weighted by Crippen LogP contribution is 2.20. The first kappa shape index (κ1) is 10.5. The van der Waals surface area contributed by atoms with Crippen molar-refractivity contribution in [3.05, 3.63) is 29.8 Å². The molecule has 0 bridgehead atoms. The Morgan fingerprint density at radius 2 is 1.80 bits per heavy atom. The number of hydrogen-bond acceptors (Lipinski definition) is 2. The summed E-state index contributed by atoms with van der Waals surface area (Å²) in [6.45, 7) is 6.03. The minimum Gasteiger partial charge on any atom is -0.399 e. The van der Waals surface area contributed by atoms with E-state index in [9.17, 15) is 0 Å². The van der Waals surface area contributed by atoms with Crippen molar-refractivity contribution >= 4 is 5.69 Å². The second-order valence-corrected chi connectivity index (χ2v) is 4.58. The van der Waals surface area contributed by atoms with Crippen LogP contribution < -0.4 is 5.73 Å². The van der Waals surface area contributed by atoms with Crippen molar-refractivity contribution in [3.63, 3.8) is 0 Å². The van der Waals surface area contributed by atoms with E-state index in [2.05, 4.69) is 24.0 Å². The first-order valence-corrected chi connectivity index (χ1v) is 5.83. The van der Waals surface area contributed by atoms with E-state index in [1.54, 1.807) is 0 Å². The van der Waals surface area contributed by atoms with Crippen LogP contribution in [0.2, 0.25) is 0 Å². The van der Waals surface area contributed by atoms with Crippen LogP contribution in [0.4, 0.5) is 5.69 Å². The van der Waals surface area contributed by atoms with Gasteiger partial charge in [-0.25, -0.2) is 0 Å². The number of benzene rings is 1. The van der Waals surface area contributed by atoms with Crippen LogP contribution in [0.1, 0.15) is 31.2 Å². The summed E-state index contributed by atoms with van der Waals surface area (Å²) in [5.74, 6) is 0.615. The maximum Gasteiger partial charge on any atom is 0.0314 e. The third-order valence-electron chi connectivity index (χ3n) is 3.24. The summed E-state index contributed by atoms with van der Waals surface area (Å²) in [6, 6.07) is 8.29. The predicted octanol–water partition coefficient (Wildman–Crippen LogP) is 2.47. The molecule has 1 fully saturated rings. The number of nitrogens with zero attached hydrogens (tertiary/aromatic N) is 1. The molecule has 1 aliphatic rings. The van der Waals surface area contributed by atoms with Gasteiger partial charge in [-0.3, -0.25) is 0 Å². The van der Waals surface area contributed by atoms with Gasteiger partial charge in [0, 0.05) is 12.2 Å². The topological polar surface area (TPSA) is 29.3 Å². The molecule has 1 aliphatic heterocycles. The maximum absolute atomic E-state index is 5.68. The molecule has 1 aromatic rings. The second kappa shape index (κ2) is 4.67. The van der Waals surface area contributed by atoms with Gasteiger partial charge in [0.15, 0.2) is 0 Å². The lowest BCUT2D eigenvalue weighted by Crippen LogP contribution is -2.24. The summed E-state index contributed by atoms with van der Waals surface area (Å²) < 4.78 is 0. The minimum atomic E-state index is 0.615. The molecule has 1 aromatic carbocycles. The number of nitrogen functional groups attached to an aromatic ring is 1. The SMILES string of the molecule is CC(CN1CCCC1)c1ccc(N)cc1. The molecule has 2 heteroatoms. The lowest BCUT2D eigenvalue weighted by atomic mass is 10.0. The molecule has 2 N–H and O–H groups in total. The lowest BCUT2D eigenvalue weighted by Gasteiger charge is -2.20. The fourth-order valence-electron chi connectivity index (χ4n) is 2.28. The summed E-state index contributed by atoms with van der Waals surface area (Å²) in [4.78, 5) is 2.56. The summed E-state index contributed by atoms with van der Waals surface area (Å²) >= 11 is 0. The van der Waals surface area contributed by atoms with Gasteiger partial charge in [-0.2, -0.15) is 0 Å². The Morgan fingerprint density at radius 1 is 1.20 bits per heavy atom. The zero-order valence-corrected chi connectivity index (χ0v) is 9.45. The van der Waals surface area contributed by atoms with Crippen LogP contribution in [0.25, 0.3) is 0 Å². The molecule has 2 rings (SSSR count). The van der Waals surface area contributed by atoms with Gasteiger partial charge in [0.2, 0.25) is 0 Å². The molecule has 1 atom stereocenters. The van der Waals surface area contributed by atoms with Crippen molar-refractivity contribution in [1.29, 1.82) is 0 Å². The van der Waals surface area contributed by atoms with Gasteiger partial charge in [-0.05, 0) is 49.5 Å². The van der Waals surface area contributed by atoms with Crippen molar-refractivity contribution < 1.29 is 0 Å². The van der Waals surface area contributed by atoms with Gasteiger partial charge in [-0.15, -0.1) is 0 Å². The molecule has 0 aliphatic carbocycles. The van der Waals surface area contributed by atoms with Crippen molar-refractivity contribution in [3.8, 4) is 0 Å². The van der Waals surface area contributed by atoms with E-state index in [1.807, 2.05) is 12.1 Å². The number of anilines is 1. The average molecular weight is 204 g/mol. The largest absolute Gasteiger partial charge is 0.399 e. The maximum atomic E-state index is 5.68. The zero-order valence-electron chi connectivity index (χ0n) is 9.45. The monoisotopic (exact) mass is 204 g/mol. The zero-order chi connectivity index (χ0) is 10.7. The van der Waals surface area contributed by atoms with Gasteiger partial charge in [0.1, 0.15) is 0 Å². The fourth-order valence-corrected chi connectivity index (χ4v) is 2.28. The number of rotatable bonds is 3. The van der Waals surface area contributed by atoms with Gasteiger partial charge < -0.3 is 10.6 Å². The third-order valence-corrected chi connectivity index (χ3v) is 3.24. The molecule has 0 spiro atoms. The van der Waals surface area contributed by atoms with Crippen LogP contribution in [0.5, 0.6) is 0 Å². The molecule has 1 unspecified atom stereocenters. The molecule has 82 valence electrons.